The maximum atomic E-state index is 12.4. The predicted molar refractivity (Wildman–Crippen MR) is 80.2 cm³/mol. The van der Waals surface area contributed by atoms with Crippen LogP contribution in [0, 0.1) is 42.9 Å². The SMILES string of the molecule is Cc1sc(NC(=O)[C@H]2CC(C)C[C@H]2C(=O)O)c(C#N)c1C. The zero-order valence-electron chi connectivity index (χ0n) is 12.3. The van der Waals surface area contributed by atoms with Gasteiger partial charge in [-0.05, 0) is 38.2 Å². The third kappa shape index (κ3) is 2.93. The first-order chi connectivity index (χ1) is 9.85. The van der Waals surface area contributed by atoms with E-state index in [2.05, 4.69) is 11.4 Å². The van der Waals surface area contributed by atoms with Gasteiger partial charge in [0, 0.05) is 4.88 Å². The summed E-state index contributed by atoms with van der Waals surface area (Å²) < 4.78 is 0. The summed E-state index contributed by atoms with van der Waals surface area (Å²) in [6.07, 6.45) is 1.11. The lowest BCUT2D eigenvalue weighted by atomic mass is 9.95. The fourth-order valence-electron chi connectivity index (χ4n) is 2.91. The average Bonchev–Trinajstić information content (AvgIpc) is 2.92. The number of carbonyl (C=O) groups excluding carboxylic acids is 1. The van der Waals surface area contributed by atoms with Crippen LogP contribution in [0.3, 0.4) is 0 Å². The van der Waals surface area contributed by atoms with Crippen molar-refractivity contribution in [3.05, 3.63) is 16.0 Å². The Balaban J connectivity index is 2.20. The van der Waals surface area contributed by atoms with Gasteiger partial charge in [0.15, 0.2) is 0 Å². The molecule has 0 saturated heterocycles. The zero-order chi connectivity index (χ0) is 15.7. The van der Waals surface area contributed by atoms with E-state index >= 15 is 0 Å². The number of rotatable bonds is 3. The third-order valence-corrected chi connectivity index (χ3v) is 5.31. The molecular formula is C15H18N2O3S. The first kappa shape index (κ1) is 15.5. The lowest BCUT2D eigenvalue weighted by molar-refractivity contribution is -0.145. The van der Waals surface area contributed by atoms with Crippen LogP contribution in [-0.2, 0) is 9.59 Å². The van der Waals surface area contributed by atoms with E-state index in [-0.39, 0.29) is 11.8 Å². The molecule has 1 heterocycles. The molecule has 1 aromatic rings. The minimum absolute atomic E-state index is 0.226. The van der Waals surface area contributed by atoms with Gasteiger partial charge in [-0.2, -0.15) is 5.26 Å². The smallest absolute Gasteiger partial charge is 0.307 e. The maximum absolute atomic E-state index is 12.4. The number of hydrogen-bond acceptors (Lipinski definition) is 4. The molecule has 21 heavy (non-hydrogen) atoms. The van der Waals surface area contributed by atoms with Gasteiger partial charge >= 0.3 is 5.97 Å². The number of carboxylic acid groups (broad SMARTS) is 1. The lowest BCUT2D eigenvalue weighted by Gasteiger charge is -2.14. The van der Waals surface area contributed by atoms with Gasteiger partial charge < -0.3 is 10.4 Å². The van der Waals surface area contributed by atoms with Crippen LogP contribution >= 0.6 is 11.3 Å². The van der Waals surface area contributed by atoms with Crippen molar-refractivity contribution in [2.75, 3.05) is 5.32 Å². The molecule has 3 atom stereocenters. The highest BCUT2D eigenvalue weighted by molar-refractivity contribution is 7.16. The van der Waals surface area contributed by atoms with Crippen LogP contribution in [0.25, 0.3) is 0 Å². The average molecular weight is 306 g/mol. The summed E-state index contributed by atoms with van der Waals surface area (Å²) in [5, 5.41) is 21.7. The molecule has 1 aromatic heterocycles. The van der Waals surface area contributed by atoms with Crippen molar-refractivity contribution < 1.29 is 14.7 Å². The van der Waals surface area contributed by atoms with E-state index in [1.54, 1.807) is 0 Å². The van der Waals surface area contributed by atoms with Gasteiger partial charge in [-0.3, -0.25) is 9.59 Å². The van der Waals surface area contributed by atoms with E-state index in [0.29, 0.717) is 23.4 Å². The number of carboxylic acids is 1. The molecule has 6 heteroatoms. The molecule has 0 bridgehead atoms. The number of amides is 1. The highest BCUT2D eigenvalue weighted by atomic mass is 32.1. The lowest BCUT2D eigenvalue weighted by Crippen LogP contribution is -2.29. The predicted octanol–water partition coefficient (Wildman–Crippen LogP) is 2.92. The van der Waals surface area contributed by atoms with Crippen molar-refractivity contribution in [1.82, 2.24) is 0 Å². The third-order valence-electron chi connectivity index (χ3n) is 4.19. The fourth-order valence-corrected chi connectivity index (χ4v) is 3.92. The highest BCUT2D eigenvalue weighted by Crippen LogP contribution is 2.38. The molecule has 2 rings (SSSR count). The number of aliphatic carboxylic acids is 1. The van der Waals surface area contributed by atoms with Gasteiger partial charge in [-0.25, -0.2) is 0 Å². The molecule has 5 nitrogen and oxygen atoms in total. The van der Waals surface area contributed by atoms with Crippen molar-refractivity contribution in [3.63, 3.8) is 0 Å². The van der Waals surface area contributed by atoms with Gasteiger partial charge in [0.2, 0.25) is 5.91 Å². The van der Waals surface area contributed by atoms with Crippen LogP contribution in [0.2, 0.25) is 0 Å². The normalized spacial score (nSPS) is 24.6. The number of nitrogens with one attached hydrogen (secondary N) is 1. The van der Waals surface area contributed by atoms with E-state index in [0.717, 1.165) is 10.4 Å². The van der Waals surface area contributed by atoms with E-state index in [1.165, 1.54) is 11.3 Å². The Hall–Kier alpha value is -1.87. The number of aryl methyl sites for hydroxylation is 1. The van der Waals surface area contributed by atoms with Gasteiger partial charge in [0.05, 0.1) is 17.4 Å². The van der Waals surface area contributed by atoms with Crippen LogP contribution in [0.5, 0.6) is 0 Å². The molecule has 112 valence electrons. The van der Waals surface area contributed by atoms with E-state index < -0.39 is 17.8 Å². The molecule has 1 aliphatic carbocycles. The van der Waals surface area contributed by atoms with Crippen LogP contribution in [0.1, 0.15) is 35.8 Å². The van der Waals surface area contributed by atoms with Crippen molar-refractivity contribution in [3.8, 4) is 6.07 Å². The molecule has 1 unspecified atom stereocenters. The Morgan fingerprint density at radius 1 is 1.33 bits per heavy atom. The number of hydrogen-bond donors (Lipinski definition) is 2. The molecule has 0 spiro atoms. The van der Waals surface area contributed by atoms with E-state index in [9.17, 15) is 20.0 Å². The Bertz CT molecular complexity index is 630. The Kier molecular flexibility index (Phi) is 4.33. The van der Waals surface area contributed by atoms with Gasteiger partial charge in [-0.1, -0.05) is 6.92 Å². The van der Waals surface area contributed by atoms with Crippen molar-refractivity contribution in [2.45, 2.75) is 33.6 Å². The summed E-state index contributed by atoms with van der Waals surface area (Å²) >= 11 is 1.36. The number of nitriles is 1. The van der Waals surface area contributed by atoms with Crippen molar-refractivity contribution >= 4 is 28.2 Å². The second-order valence-electron chi connectivity index (χ2n) is 5.72. The molecule has 0 aliphatic heterocycles. The first-order valence-corrected chi connectivity index (χ1v) is 7.70. The minimum Gasteiger partial charge on any atom is -0.481 e. The second-order valence-corrected chi connectivity index (χ2v) is 6.94. The molecule has 1 aliphatic rings. The Morgan fingerprint density at radius 2 is 1.95 bits per heavy atom. The summed E-state index contributed by atoms with van der Waals surface area (Å²) in [5.41, 5.74) is 1.34. The summed E-state index contributed by atoms with van der Waals surface area (Å²) in [4.78, 5) is 24.6. The van der Waals surface area contributed by atoms with Crippen LogP contribution < -0.4 is 5.32 Å². The van der Waals surface area contributed by atoms with Crippen molar-refractivity contribution in [1.29, 1.82) is 5.26 Å². The molecule has 2 N–H and O–H groups in total. The summed E-state index contributed by atoms with van der Waals surface area (Å²) in [7, 11) is 0. The second kappa shape index (κ2) is 5.86. The summed E-state index contributed by atoms with van der Waals surface area (Å²) in [6.45, 7) is 5.70. The number of anilines is 1. The van der Waals surface area contributed by atoms with Gasteiger partial charge in [0.1, 0.15) is 11.1 Å². The highest BCUT2D eigenvalue weighted by Gasteiger charge is 2.41. The zero-order valence-corrected chi connectivity index (χ0v) is 13.1. The van der Waals surface area contributed by atoms with Crippen LogP contribution in [0.15, 0.2) is 0 Å². The Morgan fingerprint density at radius 3 is 2.52 bits per heavy atom. The number of nitrogens with zero attached hydrogens (tertiary/aromatic N) is 1. The molecule has 1 saturated carbocycles. The van der Waals surface area contributed by atoms with E-state index in [1.807, 2.05) is 20.8 Å². The molecule has 0 radical (unpaired) electrons. The summed E-state index contributed by atoms with van der Waals surface area (Å²) in [6, 6.07) is 2.10. The molecule has 1 fully saturated rings. The topological polar surface area (TPSA) is 90.2 Å². The quantitative estimate of drug-likeness (QED) is 0.898. The summed E-state index contributed by atoms with van der Waals surface area (Å²) in [5.74, 6) is -2.13. The molecule has 1 amide bonds. The van der Waals surface area contributed by atoms with E-state index in [4.69, 9.17) is 0 Å². The Labute approximate surface area is 127 Å². The van der Waals surface area contributed by atoms with Crippen molar-refractivity contribution in [2.24, 2.45) is 17.8 Å². The molecular weight excluding hydrogens is 288 g/mol. The maximum Gasteiger partial charge on any atom is 0.307 e. The van der Waals surface area contributed by atoms with Crippen LogP contribution in [-0.4, -0.2) is 17.0 Å². The van der Waals surface area contributed by atoms with Crippen LogP contribution in [0.4, 0.5) is 5.00 Å². The fraction of sp³-hybridized carbons (Fsp3) is 0.533. The first-order valence-electron chi connectivity index (χ1n) is 6.88. The monoisotopic (exact) mass is 306 g/mol. The molecule has 0 aromatic carbocycles. The largest absolute Gasteiger partial charge is 0.481 e. The number of thiophene rings is 1. The standard InChI is InChI=1S/C15H18N2O3S/c1-7-4-10(11(5-7)15(19)20)13(18)17-14-12(6-16)8(2)9(3)21-14/h7,10-11H,4-5H2,1-3H3,(H,17,18)(H,19,20)/t7?,10-,11+/m0/s1. The van der Waals surface area contributed by atoms with Gasteiger partial charge in [-0.15, -0.1) is 11.3 Å². The van der Waals surface area contributed by atoms with Gasteiger partial charge in [0.25, 0.3) is 0 Å². The number of carbonyl (C=O) groups is 2. The minimum atomic E-state index is -0.918.